The third-order valence-electron chi connectivity index (χ3n) is 3.43. The third kappa shape index (κ3) is 4.06. The van der Waals surface area contributed by atoms with Crippen molar-refractivity contribution in [1.29, 1.82) is 0 Å². The molecule has 1 unspecified atom stereocenters. The summed E-state index contributed by atoms with van der Waals surface area (Å²) in [5.41, 5.74) is 0.642. The predicted octanol–water partition coefficient (Wildman–Crippen LogP) is 1.88. The van der Waals surface area contributed by atoms with Crippen molar-refractivity contribution in [3.63, 3.8) is 0 Å². The van der Waals surface area contributed by atoms with Crippen LogP contribution in [0.1, 0.15) is 12.8 Å². The van der Waals surface area contributed by atoms with E-state index in [-0.39, 0.29) is 0 Å². The molecule has 1 atom stereocenters. The highest BCUT2D eigenvalue weighted by atomic mass is 127. The van der Waals surface area contributed by atoms with Crippen molar-refractivity contribution >= 4 is 38.5 Å². The minimum absolute atomic E-state index is 0.389. The molecule has 2 rings (SSSR count). The van der Waals surface area contributed by atoms with Gasteiger partial charge >= 0.3 is 10.2 Å². The van der Waals surface area contributed by atoms with Crippen LogP contribution in [-0.2, 0) is 10.2 Å². The third-order valence-corrected chi connectivity index (χ3v) is 5.86. The van der Waals surface area contributed by atoms with E-state index in [4.69, 9.17) is 0 Å². The molecule has 20 heavy (non-hydrogen) atoms. The molecule has 0 bridgehead atoms. The number of hydrogen-bond donors (Lipinski definition) is 2. The van der Waals surface area contributed by atoms with E-state index in [2.05, 4.69) is 32.6 Å². The molecule has 1 aromatic carbocycles. The molecule has 0 radical (unpaired) electrons. The lowest BCUT2D eigenvalue weighted by Gasteiger charge is -2.32. The van der Waals surface area contributed by atoms with Crippen LogP contribution in [0.5, 0.6) is 0 Å². The summed E-state index contributed by atoms with van der Waals surface area (Å²) < 4.78 is 30.0. The lowest BCUT2D eigenvalue weighted by molar-refractivity contribution is 0.264. The Hall–Kier alpha value is -0.380. The van der Waals surface area contributed by atoms with Gasteiger partial charge < -0.3 is 5.32 Å². The Balaban J connectivity index is 2.08. The number of piperidine rings is 1. The predicted molar refractivity (Wildman–Crippen MR) is 89.9 cm³/mol. The van der Waals surface area contributed by atoms with E-state index in [9.17, 15) is 8.42 Å². The van der Waals surface area contributed by atoms with Crippen LogP contribution in [0.2, 0.25) is 0 Å². The molecule has 1 aliphatic heterocycles. The number of hydrogen-bond acceptors (Lipinski definition) is 3. The summed E-state index contributed by atoms with van der Waals surface area (Å²) in [7, 11) is -1.56. The summed E-state index contributed by atoms with van der Waals surface area (Å²) in [5, 5.41) is 3.13. The number of rotatable bonds is 5. The summed E-state index contributed by atoms with van der Waals surface area (Å²) in [6.45, 7) is 2.04. The van der Waals surface area contributed by atoms with E-state index in [0.29, 0.717) is 24.7 Å². The zero-order valence-corrected chi connectivity index (χ0v) is 14.4. The molecule has 0 saturated carbocycles. The highest BCUT2D eigenvalue weighted by Gasteiger charge is 2.28. The van der Waals surface area contributed by atoms with Crippen molar-refractivity contribution in [3.8, 4) is 0 Å². The molecule has 1 aromatic rings. The van der Waals surface area contributed by atoms with Gasteiger partial charge in [-0.25, -0.2) is 0 Å². The first kappa shape index (κ1) is 16.0. The van der Waals surface area contributed by atoms with Gasteiger partial charge in [-0.05, 0) is 67.1 Å². The SMILES string of the molecule is CNCC1CCCN(S(=O)(=O)Nc2ccccc2I)C1. The molecule has 1 saturated heterocycles. The number of anilines is 1. The molecule has 1 fully saturated rings. The van der Waals surface area contributed by atoms with Crippen molar-refractivity contribution in [1.82, 2.24) is 9.62 Å². The Morgan fingerprint density at radius 3 is 2.85 bits per heavy atom. The molecule has 0 amide bonds. The Morgan fingerprint density at radius 2 is 2.15 bits per heavy atom. The number of para-hydroxylation sites is 1. The Kier molecular flexibility index (Phi) is 5.65. The van der Waals surface area contributed by atoms with Gasteiger partial charge in [0.25, 0.3) is 0 Å². The van der Waals surface area contributed by atoms with Crippen LogP contribution in [0.3, 0.4) is 0 Å². The van der Waals surface area contributed by atoms with Crippen molar-refractivity contribution in [3.05, 3.63) is 27.8 Å². The number of halogens is 1. The van der Waals surface area contributed by atoms with E-state index in [0.717, 1.165) is 23.0 Å². The van der Waals surface area contributed by atoms with Crippen LogP contribution in [0.15, 0.2) is 24.3 Å². The standard InChI is InChI=1S/C13H20IN3O2S/c1-15-9-11-5-4-8-17(10-11)20(18,19)16-13-7-3-2-6-12(13)14/h2-3,6-7,11,15-16H,4-5,8-10H2,1H3. The molecule has 2 N–H and O–H groups in total. The molecule has 1 heterocycles. The quantitative estimate of drug-likeness (QED) is 0.731. The molecule has 112 valence electrons. The maximum Gasteiger partial charge on any atom is 0.301 e. The Morgan fingerprint density at radius 1 is 1.40 bits per heavy atom. The van der Waals surface area contributed by atoms with Crippen LogP contribution < -0.4 is 10.0 Å². The second-order valence-corrected chi connectivity index (χ2v) is 7.84. The summed E-state index contributed by atoms with van der Waals surface area (Å²) in [4.78, 5) is 0. The summed E-state index contributed by atoms with van der Waals surface area (Å²) in [6, 6.07) is 7.40. The van der Waals surface area contributed by atoms with E-state index in [1.807, 2.05) is 25.2 Å². The van der Waals surface area contributed by atoms with Gasteiger partial charge in [0.05, 0.1) is 5.69 Å². The van der Waals surface area contributed by atoms with Crippen molar-refractivity contribution in [2.24, 2.45) is 5.92 Å². The van der Waals surface area contributed by atoms with Gasteiger partial charge in [-0.15, -0.1) is 0 Å². The fourth-order valence-corrected chi connectivity index (χ4v) is 4.51. The van der Waals surface area contributed by atoms with Gasteiger partial charge in [-0.1, -0.05) is 12.1 Å². The van der Waals surface area contributed by atoms with Crippen LogP contribution in [-0.4, -0.2) is 39.4 Å². The maximum absolute atomic E-state index is 12.4. The van der Waals surface area contributed by atoms with Crippen molar-refractivity contribution in [2.75, 3.05) is 31.4 Å². The summed E-state index contributed by atoms with van der Waals surface area (Å²) >= 11 is 2.13. The molecular weight excluding hydrogens is 389 g/mol. The van der Waals surface area contributed by atoms with Crippen LogP contribution in [0.25, 0.3) is 0 Å². The van der Waals surface area contributed by atoms with Gasteiger partial charge in [0.15, 0.2) is 0 Å². The topological polar surface area (TPSA) is 61.4 Å². The lowest BCUT2D eigenvalue weighted by atomic mass is 10.00. The molecule has 0 aliphatic carbocycles. The van der Waals surface area contributed by atoms with Crippen LogP contribution >= 0.6 is 22.6 Å². The minimum Gasteiger partial charge on any atom is -0.319 e. The minimum atomic E-state index is -3.46. The lowest BCUT2D eigenvalue weighted by Crippen LogP contribution is -2.44. The van der Waals surface area contributed by atoms with Gasteiger partial charge in [-0.3, -0.25) is 4.72 Å². The molecule has 1 aliphatic rings. The van der Waals surface area contributed by atoms with Crippen LogP contribution in [0.4, 0.5) is 5.69 Å². The number of nitrogens with one attached hydrogen (secondary N) is 2. The normalized spacial score (nSPS) is 20.8. The van der Waals surface area contributed by atoms with Crippen molar-refractivity contribution < 1.29 is 8.42 Å². The first-order valence-corrected chi connectivity index (χ1v) is 9.22. The van der Waals surface area contributed by atoms with Gasteiger partial charge in [0, 0.05) is 16.7 Å². The molecule has 0 spiro atoms. The maximum atomic E-state index is 12.4. The smallest absolute Gasteiger partial charge is 0.301 e. The van der Waals surface area contributed by atoms with Gasteiger partial charge in [0.1, 0.15) is 0 Å². The first-order chi connectivity index (χ1) is 9.53. The number of nitrogens with zero attached hydrogens (tertiary/aromatic N) is 1. The fraction of sp³-hybridized carbons (Fsp3) is 0.538. The largest absolute Gasteiger partial charge is 0.319 e. The second-order valence-electron chi connectivity index (χ2n) is 5.01. The van der Waals surface area contributed by atoms with Crippen LogP contribution in [0, 0.1) is 9.49 Å². The van der Waals surface area contributed by atoms with E-state index < -0.39 is 10.2 Å². The van der Waals surface area contributed by atoms with Gasteiger partial charge in [0.2, 0.25) is 0 Å². The monoisotopic (exact) mass is 409 g/mol. The summed E-state index contributed by atoms with van der Waals surface area (Å²) in [5.74, 6) is 0.389. The molecular formula is C13H20IN3O2S. The first-order valence-electron chi connectivity index (χ1n) is 6.70. The zero-order valence-electron chi connectivity index (χ0n) is 11.5. The van der Waals surface area contributed by atoms with Crippen molar-refractivity contribution in [2.45, 2.75) is 12.8 Å². The van der Waals surface area contributed by atoms with E-state index >= 15 is 0 Å². The average molecular weight is 409 g/mol. The zero-order chi connectivity index (χ0) is 14.6. The second kappa shape index (κ2) is 7.06. The Labute approximate surface area is 134 Å². The van der Waals surface area contributed by atoms with E-state index in [1.54, 1.807) is 10.4 Å². The fourth-order valence-electron chi connectivity index (χ4n) is 2.45. The highest BCUT2D eigenvalue weighted by molar-refractivity contribution is 14.1. The highest BCUT2D eigenvalue weighted by Crippen LogP contribution is 2.23. The Bertz CT molecular complexity index is 548. The molecule has 0 aromatic heterocycles. The van der Waals surface area contributed by atoms with Gasteiger partial charge in [-0.2, -0.15) is 12.7 Å². The number of benzene rings is 1. The van der Waals surface area contributed by atoms with E-state index in [1.165, 1.54) is 0 Å². The molecule has 5 nitrogen and oxygen atoms in total. The summed E-state index contributed by atoms with van der Waals surface area (Å²) in [6.07, 6.45) is 1.99. The molecule has 7 heteroatoms. The average Bonchev–Trinajstić information content (AvgIpc) is 2.42.